The molecule has 1 saturated carbocycles. The molecule has 19 heavy (non-hydrogen) atoms. The SMILES string of the molecule is ClCc1cnc(C2(c3ccccc3)CCCCC2)s1. The fraction of sp³-hybridized carbons (Fsp3) is 0.438. The Kier molecular flexibility index (Phi) is 3.90. The molecule has 1 heterocycles. The number of aromatic nitrogens is 1. The summed E-state index contributed by atoms with van der Waals surface area (Å²) in [6.07, 6.45) is 8.32. The summed E-state index contributed by atoms with van der Waals surface area (Å²) in [6, 6.07) is 10.9. The summed E-state index contributed by atoms with van der Waals surface area (Å²) in [4.78, 5) is 5.87. The first kappa shape index (κ1) is 13.1. The number of benzene rings is 1. The second kappa shape index (κ2) is 5.64. The molecule has 0 aliphatic heterocycles. The number of halogens is 1. The van der Waals surface area contributed by atoms with Gasteiger partial charge in [0.1, 0.15) is 5.01 Å². The van der Waals surface area contributed by atoms with E-state index >= 15 is 0 Å². The fourth-order valence-corrected chi connectivity index (χ4v) is 4.39. The maximum Gasteiger partial charge on any atom is 0.103 e. The van der Waals surface area contributed by atoms with E-state index in [0.717, 1.165) is 0 Å². The van der Waals surface area contributed by atoms with Gasteiger partial charge < -0.3 is 0 Å². The van der Waals surface area contributed by atoms with Crippen molar-refractivity contribution in [3.05, 3.63) is 52.0 Å². The van der Waals surface area contributed by atoms with Crippen molar-refractivity contribution in [3.8, 4) is 0 Å². The molecule has 1 aliphatic carbocycles. The maximum atomic E-state index is 5.94. The molecule has 0 N–H and O–H groups in total. The zero-order chi connectivity index (χ0) is 13.1. The van der Waals surface area contributed by atoms with Gasteiger partial charge in [-0.05, 0) is 18.4 Å². The standard InChI is InChI=1S/C16H18ClNS/c17-11-14-12-18-15(19-14)16(9-5-2-6-10-16)13-7-3-1-4-8-13/h1,3-4,7-8,12H,2,5-6,9-11H2. The second-order valence-corrected chi connectivity index (χ2v) is 6.66. The monoisotopic (exact) mass is 291 g/mol. The third-order valence-electron chi connectivity index (χ3n) is 4.13. The van der Waals surface area contributed by atoms with Gasteiger partial charge in [0.05, 0.1) is 5.88 Å². The number of nitrogens with zero attached hydrogens (tertiary/aromatic N) is 1. The molecule has 1 nitrogen and oxygen atoms in total. The molecule has 3 rings (SSSR count). The van der Waals surface area contributed by atoms with Crippen LogP contribution >= 0.6 is 22.9 Å². The summed E-state index contributed by atoms with van der Waals surface area (Å²) in [5.41, 5.74) is 1.55. The van der Waals surface area contributed by atoms with E-state index in [-0.39, 0.29) is 5.41 Å². The summed E-state index contributed by atoms with van der Waals surface area (Å²) >= 11 is 7.73. The summed E-state index contributed by atoms with van der Waals surface area (Å²) in [5, 5.41) is 1.26. The molecule has 0 atom stereocenters. The first-order valence-electron chi connectivity index (χ1n) is 6.92. The Morgan fingerprint density at radius 1 is 1.11 bits per heavy atom. The second-order valence-electron chi connectivity index (χ2n) is 5.27. The number of rotatable bonds is 3. The third-order valence-corrected chi connectivity index (χ3v) is 5.78. The molecular formula is C16H18ClNS. The quantitative estimate of drug-likeness (QED) is 0.714. The Balaban J connectivity index is 2.06. The zero-order valence-corrected chi connectivity index (χ0v) is 12.5. The predicted octanol–water partition coefficient (Wildman–Crippen LogP) is 5.13. The Hall–Kier alpha value is -0.860. The van der Waals surface area contributed by atoms with E-state index in [9.17, 15) is 0 Å². The smallest absolute Gasteiger partial charge is 0.103 e. The number of hydrogen-bond donors (Lipinski definition) is 0. The molecule has 1 aromatic heterocycles. The molecule has 0 unspecified atom stereocenters. The minimum atomic E-state index is 0.133. The number of hydrogen-bond acceptors (Lipinski definition) is 2. The summed E-state index contributed by atoms with van der Waals surface area (Å²) in [5.74, 6) is 0.572. The zero-order valence-electron chi connectivity index (χ0n) is 10.9. The van der Waals surface area contributed by atoms with E-state index in [1.807, 2.05) is 6.20 Å². The minimum Gasteiger partial charge on any atom is -0.248 e. The van der Waals surface area contributed by atoms with Gasteiger partial charge in [0.15, 0.2) is 0 Å². The Labute approximate surface area is 123 Å². The predicted molar refractivity (Wildman–Crippen MR) is 82.0 cm³/mol. The number of thiazole rings is 1. The van der Waals surface area contributed by atoms with Crippen LogP contribution in [0, 0.1) is 0 Å². The molecule has 0 spiro atoms. The van der Waals surface area contributed by atoms with Crippen molar-refractivity contribution in [3.63, 3.8) is 0 Å². The highest BCUT2D eigenvalue weighted by Crippen LogP contribution is 2.46. The fourth-order valence-electron chi connectivity index (χ4n) is 3.13. The van der Waals surface area contributed by atoms with Crippen molar-refractivity contribution in [1.82, 2.24) is 4.98 Å². The van der Waals surface area contributed by atoms with Crippen molar-refractivity contribution in [1.29, 1.82) is 0 Å². The first-order chi connectivity index (χ1) is 9.35. The van der Waals surface area contributed by atoms with Gasteiger partial charge in [-0.2, -0.15) is 0 Å². The van der Waals surface area contributed by atoms with Gasteiger partial charge in [-0.1, -0.05) is 49.6 Å². The van der Waals surface area contributed by atoms with Crippen molar-refractivity contribution in [2.45, 2.75) is 43.4 Å². The summed E-state index contributed by atoms with van der Waals surface area (Å²) < 4.78 is 0. The van der Waals surface area contributed by atoms with Gasteiger partial charge in [-0.15, -0.1) is 22.9 Å². The third kappa shape index (κ3) is 2.44. The van der Waals surface area contributed by atoms with Crippen LogP contribution in [-0.2, 0) is 11.3 Å². The molecule has 0 saturated heterocycles. The lowest BCUT2D eigenvalue weighted by molar-refractivity contribution is 0.345. The minimum absolute atomic E-state index is 0.133. The van der Waals surface area contributed by atoms with Crippen LogP contribution in [0.1, 0.15) is 47.6 Å². The van der Waals surface area contributed by atoms with Crippen LogP contribution in [0.25, 0.3) is 0 Å². The van der Waals surface area contributed by atoms with Crippen LogP contribution in [0.2, 0.25) is 0 Å². The van der Waals surface area contributed by atoms with E-state index in [2.05, 4.69) is 30.3 Å². The van der Waals surface area contributed by atoms with Gasteiger partial charge in [-0.3, -0.25) is 0 Å². The van der Waals surface area contributed by atoms with Crippen LogP contribution in [0.3, 0.4) is 0 Å². The van der Waals surface area contributed by atoms with Crippen molar-refractivity contribution < 1.29 is 0 Å². The number of alkyl halides is 1. The molecular weight excluding hydrogens is 274 g/mol. The first-order valence-corrected chi connectivity index (χ1v) is 8.27. The van der Waals surface area contributed by atoms with Crippen LogP contribution < -0.4 is 0 Å². The average molecular weight is 292 g/mol. The van der Waals surface area contributed by atoms with Gasteiger partial charge in [0.2, 0.25) is 0 Å². The molecule has 2 aromatic rings. The highest BCUT2D eigenvalue weighted by molar-refractivity contribution is 7.12. The van der Waals surface area contributed by atoms with Gasteiger partial charge >= 0.3 is 0 Å². The van der Waals surface area contributed by atoms with E-state index in [1.165, 1.54) is 47.6 Å². The van der Waals surface area contributed by atoms with Gasteiger partial charge in [-0.25, -0.2) is 4.98 Å². The van der Waals surface area contributed by atoms with E-state index in [1.54, 1.807) is 11.3 Å². The largest absolute Gasteiger partial charge is 0.248 e. The van der Waals surface area contributed by atoms with E-state index in [4.69, 9.17) is 16.6 Å². The van der Waals surface area contributed by atoms with E-state index < -0.39 is 0 Å². The average Bonchev–Trinajstić information content (AvgIpc) is 2.98. The summed E-state index contributed by atoms with van der Waals surface area (Å²) in [6.45, 7) is 0. The van der Waals surface area contributed by atoms with Crippen molar-refractivity contribution in [2.24, 2.45) is 0 Å². The normalized spacial score (nSPS) is 18.4. The molecule has 0 bridgehead atoms. The van der Waals surface area contributed by atoms with Crippen LogP contribution in [0.4, 0.5) is 0 Å². The van der Waals surface area contributed by atoms with Gasteiger partial charge in [0.25, 0.3) is 0 Å². The topological polar surface area (TPSA) is 12.9 Å². The highest BCUT2D eigenvalue weighted by atomic mass is 35.5. The van der Waals surface area contributed by atoms with Gasteiger partial charge in [0, 0.05) is 16.5 Å². The molecule has 3 heteroatoms. The van der Waals surface area contributed by atoms with E-state index in [0.29, 0.717) is 5.88 Å². The Morgan fingerprint density at radius 3 is 2.47 bits per heavy atom. The lowest BCUT2D eigenvalue weighted by Gasteiger charge is -2.36. The van der Waals surface area contributed by atoms with Crippen LogP contribution in [0.15, 0.2) is 36.5 Å². The van der Waals surface area contributed by atoms with Crippen molar-refractivity contribution >= 4 is 22.9 Å². The molecule has 0 amide bonds. The lowest BCUT2D eigenvalue weighted by atomic mass is 9.70. The highest BCUT2D eigenvalue weighted by Gasteiger charge is 2.38. The van der Waals surface area contributed by atoms with Crippen LogP contribution in [-0.4, -0.2) is 4.98 Å². The molecule has 1 fully saturated rings. The Bertz CT molecular complexity index is 529. The Morgan fingerprint density at radius 2 is 1.84 bits per heavy atom. The maximum absolute atomic E-state index is 5.94. The lowest BCUT2D eigenvalue weighted by Crippen LogP contribution is -2.30. The summed E-state index contributed by atoms with van der Waals surface area (Å²) in [7, 11) is 0. The van der Waals surface area contributed by atoms with Crippen molar-refractivity contribution in [2.75, 3.05) is 0 Å². The molecule has 0 radical (unpaired) electrons. The molecule has 100 valence electrons. The van der Waals surface area contributed by atoms with Crippen LogP contribution in [0.5, 0.6) is 0 Å². The molecule has 1 aromatic carbocycles. The molecule has 1 aliphatic rings.